The molecule has 3 rings (SSSR count). The van der Waals surface area contributed by atoms with Crippen LogP contribution in [0.25, 0.3) is 0 Å². The van der Waals surface area contributed by atoms with Crippen LogP contribution >= 0.6 is 11.6 Å². The van der Waals surface area contributed by atoms with Gasteiger partial charge in [0.25, 0.3) is 0 Å². The molecule has 0 saturated carbocycles. The number of benzene rings is 2. The van der Waals surface area contributed by atoms with Gasteiger partial charge in [-0.1, -0.05) is 23.7 Å². The molecule has 0 fully saturated rings. The Morgan fingerprint density at radius 3 is 3.00 bits per heavy atom. The molecule has 0 spiro atoms. The molecule has 1 aliphatic heterocycles. The van der Waals surface area contributed by atoms with Crippen molar-refractivity contribution < 1.29 is 9.13 Å². The van der Waals surface area contributed by atoms with E-state index in [0.717, 1.165) is 33.9 Å². The zero-order valence-electron chi connectivity index (χ0n) is 11.8. The lowest BCUT2D eigenvalue weighted by molar-refractivity contribution is 0.351. The Hall–Kier alpha value is -1.58. The highest BCUT2D eigenvalue weighted by Gasteiger charge is 2.18. The Balaban J connectivity index is 1.73. The fourth-order valence-electron chi connectivity index (χ4n) is 2.63. The van der Waals surface area contributed by atoms with E-state index in [1.54, 1.807) is 12.1 Å². The molecule has 0 radical (unpaired) electrons. The zero-order chi connectivity index (χ0) is 14.8. The van der Waals surface area contributed by atoms with Gasteiger partial charge in [-0.25, -0.2) is 4.39 Å². The Morgan fingerprint density at radius 1 is 1.33 bits per heavy atom. The quantitative estimate of drug-likeness (QED) is 0.911. The van der Waals surface area contributed by atoms with Crippen LogP contribution in [0.3, 0.4) is 0 Å². The summed E-state index contributed by atoms with van der Waals surface area (Å²) in [5, 5.41) is 4.13. The van der Waals surface area contributed by atoms with Crippen molar-refractivity contribution in [2.45, 2.75) is 25.9 Å². The van der Waals surface area contributed by atoms with Crippen LogP contribution in [-0.4, -0.2) is 6.61 Å². The molecule has 0 amide bonds. The van der Waals surface area contributed by atoms with Crippen molar-refractivity contribution in [2.75, 3.05) is 6.61 Å². The zero-order valence-corrected chi connectivity index (χ0v) is 12.6. The van der Waals surface area contributed by atoms with Crippen molar-refractivity contribution in [2.24, 2.45) is 0 Å². The molecule has 0 aromatic heterocycles. The molecule has 1 aliphatic rings. The highest BCUT2D eigenvalue weighted by Crippen LogP contribution is 2.33. The normalized spacial score (nSPS) is 14.6. The Bertz CT molecular complexity index is 659. The maximum absolute atomic E-state index is 13.3. The molecular formula is C17H17ClFNO. The first-order valence-corrected chi connectivity index (χ1v) is 7.44. The van der Waals surface area contributed by atoms with E-state index >= 15 is 0 Å². The van der Waals surface area contributed by atoms with Crippen LogP contribution in [0.2, 0.25) is 5.02 Å². The van der Waals surface area contributed by atoms with Gasteiger partial charge in [0, 0.05) is 29.6 Å². The van der Waals surface area contributed by atoms with E-state index in [4.69, 9.17) is 16.3 Å². The van der Waals surface area contributed by atoms with Gasteiger partial charge in [0.15, 0.2) is 0 Å². The number of halogens is 2. The summed E-state index contributed by atoms with van der Waals surface area (Å²) < 4.78 is 18.9. The number of hydrogen-bond donors (Lipinski definition) is 1. The van der Waals surface area contributed by atoms with Crippen LogP contribution < -0.4 is 10.1 Å². The van der Waals surface area contributed by atoms with Crippen LogP contribution in [0.1, 0.15) is 29.7 Å². The second kappa shape index (κ2) is 6.04. The molecule has 1 heterocycles. The average Bonchev–Trinajstić information content (AvgIpc) is 2.92. The molecule has 0 saturated heterocycles. The first-order chi connectivity index (χ1) is 10.1. The summed E-state index contributed by atoms with van der Waals surface area (Å²) in [7, 11) is 0. The van der Waals surface area contributed by atoms with E-state index in [0.29, 0.717) is 13.2 Å². The minimum Gasteiger partial charge on any atom is -0.493 e. The van der Waals surface area contributed by atoms with E-state index < -0.39 is 0 Å². The molecule has 1 N–H and O–H groups in total. The molecule has 2 aromatic carbocycles. The third kappa shape index (κ3) is 3.20. The number of ether oxygens (including phenoxy) is 1. The van der Waals surface area contributed by atoms with Gasteiger partial charge in [0.2, 0.25) is 0 Å². The number of fused-ring (bicyclic) bond motifs is 1. The van der Waals surface area contributed by atoms with Crippen molar-refractivity contribution in [1.29, 1.82) is 0 Å². The molecular weight excluding hydrogens is 289 g/mol. The Morgan fingerprint density at radius 2 is 2.19 bits per heavy atom. The third-order valence-corrected chi connectivity index (χ3v) is 3.99. The highest BCUT2D eigenvalue weighted by atomic mass is 35.5. The maximum atomic E-state index is 13.3. The lowest BCUT2D eigenvalue weighted by Gasteiger charge is -2.16. The maximum Gasteiger partial charge on any atom is 0.127 e. The number of rotatable bonds is 4. The van der Waals surface area contributed by atoms with Crippen molar-refractivity contribution in [3.8, 4) is 5.75 Å². The average molecular weight is 306 g/mol. The summed E-state index contributed by atoms with van der Waals surface area (Å²) in [6.07, 6.45) is 0.905. The van der Waals surface area contributed by atoms with Gasteiger partial charge >= 0.3 is 0 Å². The number of hydrogen-bond acceptors (Lipinski definition) is 2. The van der Waals surface area contributed by atoms with Crippen LogP contribution in [0, 0.1) is 5.82 Å². The van der Waals surface area contributed by atoms with Crippen molar-refractivity contribution >= 4 is 11.6 Å². The number of nitrogens with one attached hydrogen (secondary N) is 1. The molecule has 2 nitrogen and oxygen atoms in total. The summed E-state index contributed by atoms with van der Waals surface area (Å²) in [5.41, 5.74) is 3.14. The largest absolute Gasteiger partial charge is 0.493 e. The van der Waals surface area contributed by atoms with E-state index in [2.05, 4.69) is 5.32 Å². The van der Waals surface area contributed by atoms with Crippen molar-refractivity contribution in [3.05, 3.63) is 63.9 Å². The first kappa shape index (κ1) is 14.4. The first-order valence-electron chi connectivity index (χ1n) is 7.06. The van der Waals surface area contributed by atoms with Gasteiger partial charge in [-0.05, 0) is 42.3 Å². The van der Waals surface area contributed by atoms with E-state index in [1.807, 2.05) is 25.1 Å². The Kier molecular flexibility index (Phi) is 4.13. The van der Waals surface area contributed by atoms with E-state index in [1.165, 1.54) is 6.07 Å². The third-order valence-electron chi connectivity index (χ3n) is 3.77. The molecule has 4 heteroatoms. The van der Waals surface area contributed by atoms with Gasteiger partial charge in [-0.3, -0.25) is 0 Å². The van der Waals surface area contributed by atoms with Gasteiger partial charge in [-0.15, -0.1) is 0 Å². The lowest BCUT2D eigenvalue weighted by atomic mass is 10.1. The summed E-state index contributed by atoms with van der Waals surface area (Å²) in [6.45, 7) is 3.36. The molecule has 1 atom stereocenters. The standard InChI is InChI=1S/C17H17ClFNO/c1-11(12-3-2-4-16(19)9-12)20-10-14-8-15(18)7-13-5-6-21-17(13)14/h2-4,7-9,11,20H,5-6,10H2,1H3. The summed E-state index contributed by atoms with van der Waals surface area (Å²) in [5.74, 6) is 0.728. The highest BCUT2D eigenvalue weighted by molar-refractivity contribution is 6.30. The fraction of sp³-hybridized carbons (Fsp3) is 0.294. The van der Waals surface area contributed by atoms with Crippen LogP contribution in [0.15, 0.2) is 36.4 Å². The van der Waals surface area contributed by atoms with Crippen LogP contribution in [0.5, 0.6) is 5.75 Å². The van der Waals surface area contributed by atoms with Gasteiger partial charge in [0.05, 0.1) is 6.61 Å². The van der Waals surface area contributed by atoms with Gasteiger partial charge < -0.3 is 10.1 Å². The second-order valence-corrected chi connectivity index (χ2v) is 5.75. The SMILES string of the molecule is CC(NCc1cc(Cl)cc2c1OCC2)c1cccc(F)c1. The van der Waals surface area contributed by atoms with Crippen LogP contribution in [0.4, 0.5) is 4.39 Å². The Labute approximate surface area is 128 Å². The van der Waals surface area contributed by atoms with E-state index in [-0.39, 0.29) is 11.9 Å². The molecule has 21 heavy (non-hydrogen) atoms. The molecule has 110 valence electrons. The second-order valence-electron chi connectivity index (χ2n) is 5.31. The van der Waals surface area contributed by atoms with E-state index in [9.17, 15) is 4.39 Å². The monoisotopic (exact) mass is 305 g/mol. The van der Waals surface area contributed by atoms with Crippen molar-refractivity contribution in [1.82, 2.24) is 5.32 Å². The van der Waals surface area contributed by atoms with Gasteiger partial charge in [-0.2, -0.15) is 0 Å². The molecule has 0 bridgehead atoms. The fourth-order valence-corrected chi connectivity index (χ4v) is 2.90. The topological polar surface area (TPSA) is 21.3 Å². The minimum absolute atomic E-state index is 0.0525. The predicted molar refractivity (Wildman–Crippen MR) is 82.3 cm³/mol. The lowest BCUT2D eigenvalue weighted by Crippen LogP contribution is -2.18. The molecule has 2 aromatic rings. The summed E-state index contributed by atoms with van der Waals surface area (Å²) in [6, 6.07) is 10.6. The van der Waals surface area contributed by atoms with Crippen molar-refractivity contribution in [3.63, 3.8) is 0 Å². The molecule has 0 aliphatic carbocycles. The van der Waals surface area contributed by atoms with Gasteiger partial charge in [0.1, 0.15) is 11.6 Å². The van der Waals surface area contributed by atoms with Crippen LogP contribution in [-0.2, 0) is 13.0 Å². The molecule has 1 unspecified atom stereocenters. The minimum atomic E-state index is -0.215. The predicted octanol–water partition coefficient (Wildman–Crippen LogP) is 4.26. The smallest absolute Gasteiger partial charge is 0.127 e. The summed E-state index contributed by atoms with van der Waals surface area (Å²) >= 11 is 6.15. The summed E-state index contributed by atoms with van der Waals surface area (Å²) in [4.78, 5) is 0.